The van der Waals surface area contributed by atoms with Crippen LogP contribution in [-0.4, -0.2) is 20.3 Å². The molecule has 8 nitrogen and oxygen atoms in total. The van der Waals surface area contributed by atoms with Gasteiger partial charge in [-0.1, -0.05) is 60.7 Å². The molecular weight excluding hydrogens is 723 g/mol. The molecule has 0 saturated carbocycles. The summed E-state index contributed by atoms with van der Waals surface area (Å²) in [5.41, 5.74) is 14.5. The number of ether oxygens (including phenoxy) is 4. The van der Waals surface area contributed by atoms with Gasteiger partial charge in [0.15, 0.2) is 23.0 Å². The van der Waals surface area contributed by atoms with E-state index in [0.29, 0.717) is 0 Å². The Hall–Kier alpha value is -7.52. The largest absolute Gasteiger partial charge is 0.456 e. The minimum Gasteiger partial charge on any atom is -0.456 e. The molecule has 0 aliphatic carbocycles. The van der Waals surface area contributed by atoms with E-state index in [1.165, 1.54) is 5.46 Å². The molecule has 58 heavy (non-hydrogen) atoms. The van der Waals surface area contributed by atoms with Crippen molar-refractivity contribution in [1.82, 2.24) is 0 Å². The summed E-state index contributed by atoms with van der Waals surface area (Å²) in [4.78, 5) is 4.74. The van der Waals surface area contributed by atoms with Crippen molar-refractivity contribution in [1.29, 1.82) is 0 Å². The number of anilines is 6. The second-order valence-corrected chi connectivity index (χ2v) is 15.2. The van der Waals surface area contributed by atoms with Gasteiger partial charge in [-0.15, -0.1) is 0 Å². The van der Waals surface area contributed by atoms with E-state index in [-0.39, 0.29) is 20.3 Å². The van der Waals surface area contributed by atoms with E-state index < -0.39 is 0 Å². The van der Waals surface area contributed by atoms with Gasteiger partial charge >= 0.3 is 0 Å². The van der Waals surface area contributed by atoms with E-state index in [1.54, 1.807) is 0 Å². The Morgan fingerprint density at radius 1 is 0.448 bits per heavy atom. The van der Waals surface area contributed by atoms with Crippen molar-refractivity contribution >= 4 is 79.2 Å². The summed E-state index contributed by atoms with van der Waals surface area (Å²) >= 11 is 0. The van der Waals surface area contributed by atoms with Gasteiger partial charge in [0.1, 0.15) is 22.7 Å². The first-order valence-electron chi connectivity index (χ1n) is 19.4. The third-order valence-corrected chi connectivity index (χ3v) is 11.8. The lowest BCUT2D eigenvalue weighted by atomic mass is 9.33. The number of aryl methyl sites for hydroxylation is 1. The van der Waals surface area contributed by atoms with E-state index in [9.17, 15) is 0 Å². The molecule has 7 aromatic carbocycles. The van der Waals surface area contributed by atoms with Crippen molar-refractivity contribution in [3.05, 3.63) is 151 Å². The minimum absolute atomic E-state index is 0.130. The molecule has 13 rings (SSSR count). The zero-order valence-electron chi connectivity index (χ0n) is 31.2. The maximum Gasteiger partial charge on any atom is 0.252 e. The van der Waals surface area contributed by atoms with Crippen LogP contribution in [0.1, 0.15) is 5.56 Å². The Morgan fingerprint density at radius 3 is 1.76 bits per heavy atom. The van der Waals surface area contributed by atoms with Crippen LogP contribution >= 0.6 is 0 Å². The number of furan rings is 2. The number of nitrogens with zero attached hydrogens (tertiary/aromatic N) is 2. The predicted octanol–water partition coefficient (Wildman–Crippen LogP) is 10.4. The number of rotatable bonds is 4. The van der Waals surface area contributed by atoms with Crippen molar-refractivity contribution in [2.75, 3.05) is 23.4 Å². The first kappa shape index (κ1) is 31.7. The van der Waals surface area contributed by atoms with Crippen LogP contribution in [0.5, 0.6) is 23.0 Å². The maximum atomic E-state index is 6.48. The zero-order valence-corrected chi connectivity index (χ0v) is 31.2. The Balaban J connectivity index is 1.08. The van der Waals surface area contributed by atoms with Crippen LogP contribution in [0.3, 0.4) is 0 Å². The minimum atomic E-state index is -0.130. The van der Waals surface area contributed by atoms with Gasteiger partial charge in [0.05, 0.1) is 5.69 Å². The van der Waals surface area contributed by atoms with Crippen molar-refractivity contribution in [3.8, 4) is 45.6 Å². The first-order chi connectivity index (χ1) is 28.6. The Labute approximate surface area is 333 Å². The molecule has 0 fully saturated rings. The van der Waals surface area contributed by atoms with E-state index in [0.717, 1.165) is 118 Å². The van der Waals surface area contributed by atoms with Crippen LogP contribution in [0.4, 0.5) is 34.1 Å². The predicted molar refractivity (Wildman–Crippen MR) is 228 cm³/mol. The summed E-state index contributed by atoms with van der Waals surface area (Å²) in [5.74, 6) is 4.55. The molecule has 0 N–H and O–H groups in total. The molecular formula is C49H31BN2O6. The highest BCUT2D eigenvalue weighted by Crippen LogP contribution is 2.49. The van der Waals surface area contributed by atoms with E-state index in [4.69, 9.17) is 27.8 Å². The van der Waals surface area contributed by atoms with Crippen molar-refractivity contribution in [2.24, 2.45) is 0 Å². The van der Waals surface area contributed by atoms with Crippen molar-refractivity contribution < 1.29 is 27.8 Å². The molecule has 0 unspecified atom stereocenters. The third kappa shape index (κ3) is 4.58. The van der Waals surface area contributed by atoms with E-state index >= 15 is 0 Å². The summed E-state index contributed by atoms with van der Waals surface area (Å²) in [7, 11) is 0. The van der Waals surface area contributed by atoms with Gasteiger partial charge in [0.2, 0.25) is 13.6 Å². The van der Waals surface area contributed by atoms with Crippen LogP contribution in [0, 0.1) is 6.92 Å². The normalized spacial score (nSPS) is 14.3. The number of hydrogen-bond acceptors (Lipinski definition) is 8. The number of hydrogen-bond donors (Lipinski definition) is 0. The molecule has 276 valence electrons. The lowest BCUT2D eigenvalue weighted by Gasteiger charge is -2.44. The SMILES string of the molecule is Cc1cc2c3c(c1)N(c1ccc4c(c1)OCO4)c1cc4c(cc1B3c1ccc(-c3cc5ccccc5o3)cc1N2c1cccc(-c2cc3ccccc3o2)c1)OCO4. The fourth-order valence-electron chi connectivity index (χ4n) is 9.30. The van der Waals surface area contributed by atoms with Crippen molar-refractivity contribution in [2.45, 2.75) is 6.92 Å². The zero-order chi connectivity index (χ0) is 38.1. The Bertz CT molecular complexity index is 3140. The van der Waals surface area contributed by atoms with Gasteiger partial charge in [0.25, 0.3) is 6.71 Å². The molecule has 2 aromatic heterocycles. The summed E-state index contributed by atoms with van der Waals surface area (Å²) < 4.78 is 36.6. The molecule has 0 atom stereocenters. The quantitative estimate of drug-likeness (QED) is 0.165. The summed E-state index contributed by atoms with van der Waals surface area (Å²) in [6, 6.07) is 51.0. The lowest BCUT2D eigenvalue weighted by Crippen LogP contribution is -2.61. The van der Waals surface area contributed by atoms with Crippen LogP contribution in [0.25, 0.3) is 44.6 Å². The smallest absolute Gasteiger partial charge is 0.252 e. The van der Waals surface area contributed by atoms with Crippen molar-refractivity contribution in [3.63, 3.8) is 0 Å². The summed E-state index contributed by atoms with van der Waals surface area (Å²) in [5, 5.41) is 2.14. The second-order valence-electron chi connectivity index (χ2n) is 15.2. The summed E-state index contributed by atoms with van der Waals surface area (Å²) in [6.45, 7) is 2.42. The molecule has 9 heteroatoms. The Kier molecular flexibility index (Phi) is 6.42. The number of fused-ring (bicyclic) bond motifs is 8. The lowest BCUT2D eigenvalue weighted by molar-refractivity contribution is 0.173. The fraction of sp³-hybridized carbons (Fsp3) is 0.0612. The maximum absolute atomic E-state index is 6.48. The van der Waals surface area contributed by atoms with Crippen LogP contribution in [0.15, 0.2) is 154 Å². The standard InChI is InChI=1S/C49H31BN2O6/c1-28-17-39-49-40(18-28)52(34-14-16-43-46(23-34)54-26-53-43)38-25-48-47(55-27-56-48)24-36(38)50(49)35-15-13-32(45-22-31-8-3-5-12-42(31)58-45)20-37(35)51(39)33-10-6-9-29(19-33)44-21-30-7-2-4-11-41(30)57-44/h2-25H,26-27H2,1H3. The molecule has 0 bridgehead atoms. The van der Waals surface area contributed by atoms with Crippen LogP contribution < -0.4 is 45.1 Å². The molecule has 0 radical (unpaired) electrons. The molecule has 4 aliphatic heterocycles. The van der Waals surface area contributed by atoms with Gasteiger partial charge in [-0.2, -0.15) is 0 Å². The van der Waals surface area contributed by atoms with Gasteiger partial charge in [0, 0.05) is 62.5 Å². The molecule has 9 aromatic rings. The average molecular weight is 755 g/mol. The summed E-state index contributed by atoms with van der Waals surface area (Å²) in [6.07, 6.45) is 0. The van der Waals surface area contributed by atoms with Gasteiger partial charge in [-0.25, -0.2) is 0 Å². The monoisotopic (exact) mass is 754 g/mol. The van der Waals surface area contributed by atoms with E-state index in [2.05, 4.69) is 120 Å². The fourth-order valence-corrected chi connectivity index (χ4v) is 9.30. The van der Waals surface area contributed by atoms with E-state index in [1.807, 2.05) is 42.5 Å². The number of benzene rings is 7. The molecule has 0 saturated heterocycles. The topological polar surface area (TPSA) is 69.7 Å². The highest BCUT2D eigenvalue weighted by atomic mass is 16.7. The molecule has 0 spiro atoms. The highest BCUT2D eigenvalue weighted by molar-refractivity contribution is 7.00. The third-order valence-electron chi connectivity index (χ3n) is 11.8. The number of para-hydroxylation sites is 2. The molecule has 0 amide bonds. The van der Waals surface area contributed by atoms with Gasteiger partial charge < -0.3 is 37.6 Å². The second kappa shape index (κ2) is 11.8. The van der Waals surface area contributed by atoms with Crippen LogP contribution in [0.2, 0.25) is 0 Å². The molecule has 4 aliphatic rings. The first-order valence-corrected chi connectivity index (χ1v) is 19.4. The highest BCUT2D eigenvalue weighted by Gasteiger charge is 2.45. The van der Waals surface area contributed by atoms with Crippen LogP contribution in [-0.2, 0) is 0 Å². The van der Waals surface area contributed by atoms with Gasteiger partial charge in [-0.05, 0) is 102 Å². The van der Waals surface area contributed by atoms with Gasteiger partial charge in [-0.3, -0.25) is 0 Å². The molecule has 6 heterocycles. The average Bonchev–Trinajstić information content (AvgIpc) is 4.08. The Morgan fingerprint density at radius 2 is 1.05 bits per heavy atom.